The van der Waals surface area contributed by atoms with Gasteiger partial charge in [-0.15, -0.1) is 0 Å². The molecule has 0 aliphatic carbocycles. The summed E-state index contributed by atoms with van der Waals surface area (Å²) in [5, 5.41) is 12.5. The lowest BCUT2D eigenvalue weighted by atomic mass is 10.0. The van der Waals surface area contributed by atoms with Crippen LogP contribution in [0.1, 0.15) is 25.8 Å². The maximum Gasteiger partial charge on any atom is 0.325 e. The van der Waals surface area contributed by atoms with Crippen LogP contribution in [0.3, 0.4) is 0 Å². The summed E-state index contributed by atoms with van der Waals surface area (Å²) in [7, 11) is 1.21. The molecule has 0 fully saturated rings. The number of carboxylic acid groups (broad SMARTS) is 1. The molecule has 0 heterocycles. The first kappa shape index (κ1) is 21.6. The first-order chi connectivity index (χ1) is 12.4. The molecule has 0 bridgehead atoms. The van der Waals surface area contributed by atoms with Gasteiger partial charge in [0.25, 0.3) is 5.91 Å². The molecule has 1 aromatic rings. The Morgan fingerprint density at radius 2 is 1.88 bits per heavy atom. The third-order valence-corrected chi connectivity index (χ3v) is 3.70. The molecule has 1 amide bonds. The van der Waals surface area contributed by atoms with Crippen molar-refractivity contribution in [2.45, 2.75) is 38.8 Å². The lowest BCUT2D eigenvalue weighted by Crippen LogP contribution is -2.51. The molecule has 0 unspecified atom stereocenters. The van der Waals surface area contributed by atoms with Crippen LogP contribution in [0, 0.1) is 0 Å². The van der Waals surface area contributed by atoms with E-state index in [1.807, 2.05) is 30.3 Å². The van der Waals surface area contributed by atoms with Crippen molar-refractivity contribution in [3.05, 3.63) is 35.9 Å². The molecule has 0 radical (unpaired) electrons. The van der Waals surface area contributed by atoms with Crippen LogP contribution < -0.4 is 5.32 Å². The highest BCUT2D eigenvalue weighted by atomic mass is 16.7. The van der Waals surface area contributed by atoms with Crippen molar-refractivity contribution in [3.63, 3.8) is 0 Å². The van der Waals surface area contributed by atoms with Gasteiger partial charge in [-0.3, -0.25) is 24.5 Å². The highest BCUT2D eigenvalue weighted by Crippen LogP contribution is 2.08. The Labute approximate surface area is 153 Å². The summed E-state index contributed by atoms with van der Waals surface area (Å²) < 4.78 is 5.07. The van der Waals surface area contributed by atoms with Crippen molar-refractivity contribution in [3.8, 4) is 0 Å². The minimum atomic E-state index is -1.20. The van der Waals surface area contributed by atoms with E-state index in [9.17, 15) is 14.4 Å². The zero-order valence-corrected chi connectivity index (χ0v) is 15.3. The number of rotatable bonds is 11. The lowest BCUT2D eigenvalue weighted by Gasteiger charge is -2.25. The van der Waals surface area contributed by atoms with E-state index < -0.39 is 36.5 Å². The van der Waals surface area contributed by atoms with Gasteiger partial charge in [-0.25, -0.2) is 5.06 Å². The van der Waals surface area contributed by atoms with Crippen molar-refractivity contribution in [2.24, 2.45) is 0 Å². The molecule has 0 aliphatic rings. The fourth-order valence-electron chi connectivity index (χ4n) is 2.41. The molecular weight excluding hydrogens is 340 g/mol. The van der Waals surface area contributed by atoms with Gasteiger partial charge in [-0.1, -0.05) is 30.3 Å². The number of esters is 1. The number of carboxylic acids is 1. The second kappa shape index (κ2) is 11.2. The Kier molecular flexibility index (Phi) is 9.32. The van der Waals surface area contributed by atoms with E-state index in [-0.39, 0.29) is 6.61 Å². The fourth-order valence-corrected chi connectivity index (χ4v) is 2.41. The average molecular weight is 366 g/mol. The van der Waals surface area contributed by atoms with Crippen molar-refractivity contribution < 1.29 is 29.1 Å². The van der Waals surface area contributed by atoms with Gasteiger partial charge < -0.3 is 9.84 Å². The summed E-state index contributed by atoms with van der Waals surface area (Å²) in [5.74, 6) is -2.23. The van der Waals surface area contributed by atoms with Crippen LogP contribution >= 0.6 is 0 Å². The van der Waals surface area contributed by atoms with Crippen molar-refractivity contribution in [2.75, 3.05) is 20.3 Å². The number of carbonyl (C=O) groups excluding carboxylic acids is 2. The van der Waals surface area contributed by atoms with Gasteiger partial charge in [0.2, 0.25) is 0 Å². The van der Waals surface area contributed by atoms with Gasteiger partial charge in [0, 0.05) is 0 Å². The van der Waals surface area contributed by atoms with E-state index in [1.165, 1.54) is 7.11 Å². The van der Waals surface area contributed by atoms with E-state index in [2.05, 4.69) is 5.32 Å². The van der Waals surface area contributed by atoms with Crippen LogP contribution in [0.2, 0.25) is 0 Å². The van der Waals surface area contributed by atoms with Gasteiger partial charge in [0.1, 0.15) is 12.6 Å². The van der Waals surface area contributed by atoms with Gasteiger partial charge >= 0.3 is 11.9 Å². The van der Waals surface area contributed by atoms with Crippen molar-refractivity contribution in [1.29, 1.82) is 0 Å². The highest BCUT2D eigenvalue weighted by molar-refractivity contribution is 5.85. The highest BCUT2D eigenvalue weighted by Gasteiger charge is 2.28. The number of hydrogen-bond acceptors (Lipinski definition) is 6. The van der Waals surface area contributed by atoms with E-state index >= 15 is 0 Å². The molecule has 0 aliphatic heterocycles. The Morgan fingerprint density at radius 3 is 2.42 bits per heavy atom. The third kappa shape index (κ3) is 7.20. The number of amides is 1. The third-order valence-electron chi connectivity index (χ3n) is 3.70. The topological polar surface area (TPSA) is 105 Å². The minimum Gasteiger partial charge on any atom is -0.480 e. The number of nitrogens with one attached hydrogen (secondary N) is 1. The fraction of sp³-hybridized carbons (Fsp3) is 0.500. The number of hydroxylamine groups is 2. The molecule has 0 saturated carbocycles. The number of benzene rings is 1. The quantitative estimate of drug-likeness (QED) is 0.445. The van der Waals surface area contributed by atoms with Gasteiger partial charge in [0.05, 0.1) is 19.8 Å². The van der Waals surface area contributed by atoms with Gasteiger partial charge in [-0.05, 0) is 32.3 Å². The average Bonchev–Trinajstić information content (AvgIpc) is 2.63. The summed E-state index contributed by atoms with van der Waals surface area (Å²) in [6.45, 7) is 2.90. The van der Waals surface area contributed by atoms with Crippen molar-refractivity contribution in [1.82, 2.24) is 10.4 Å². The molecule has 2 atom stereocenters. The van der Waals surface area contributed by atoms with Crippen LogP contribution in [-0.4, -0.2) is 60.4 Å². The zero-order valence-electron chi connectivity index (χ0n) is 15.3. The normalized spacial score (nSPS) is 12.9. The molecule has 0 aromatic heterocycles. The lowest BCUT2D eigenvalue weighted by molar-refractivity contribution is -0.184. The summed E-state index contributed by atoms with van der Waals surface area (Å²) in [6, 6.07) is 8.13. The maximum atomic E-state index is 12.3. The predicted octanol–water partition coefficient (Wildman–Crippen LogP) is 1.00. The van der Waals surface area contributed by atoms with Gasteiger partial charge in [0.15, 0.2) is 0 Å². The summed E-state index contributed by atoms with van der Waals surface area (Å²) >= 11 is 0. The minimum absolute atomic E-state index is 0.230. The number of aryl methyl sites for hydroxylation is 1. The van der Waals surface area contributed by atoms with Crippen LogP contribution in [0.15, 0.2) is 30.3 Å². The molecule has 1 rings (SSSR count). The number of nitrogens with zero attached hydrogens (tertiary/aromatic N) is 1. The largest absolute Gasteiger partial charge is 0.480 e. The van der Waals surface area contributed by atoms with E-state index in [0.29, 0.717) is 12.8 Å². The van der Waals surface area contributed by atoms with Crippen LogP contribution in [0.5, 0.6) is 0 Å². The molecule has 144 valence electrons. The molecule has 1 aromatic carbocycles. The molecule has 8 heteroatoms. The standard InChI is InChI=1S/C18H26N2O6/c1-4-26-18(24)15(11-10-14-8-6-5-7-9-14)19-13(2)17(23)20(25-3)12-16(21)22/h5-9,13,15,19H,4,10-12H2,1-3H3,(H,21,22)/t13-,15-/m0/s1. The van der Waals surface area contributed by atoms with E-state index in [4.69, 9.17) is 14.7 Å². The SMILES string of the molecule is CCOC(=O)[C@H](CCc1ccccc1)N[C@@H](C)C(=O)N(CC(=O)O)OC. The first-order valence-electron chi connectivity index (χ1n) is 8.42. The van der Waals surface area contributed by atoms with Crippen LogP contribution in [0.25, 0.3) is 0 Å². The summed E-state index contributed by atoms with van der Waals surface area (Å²) in [5.41, 5.74) is 1.06. The number of aliphatic carboxylic acids is 1. The van der Waals surface area contributed by atoms with Gasteiger partial charge in [-0.2, -0.15) is 0 Å². The molecule has 2 N–H and O–H groups in total. The molecule has 0 spiro atoms. The van der Waals surface area contributed by atoms with Crippen LogP contribution in [0.4, 0.5) is 0 Å². The van der Waals surface area contributed by atoms with Crippen LogP contribution in [-0.2, 0) is 30.4 Å². The summed E-state index contributed by atoms with van der Waals surface area (Å²) in [4.78, 5) is 40.1. The zero-order chi connectivity index (χ0) is 19.5. The van der Waals surface area contributed by atoms with Crippen molar-refractivity contribution >= 4 is 17.8 Å². The second-order valence-corrected chi connectivity index (χ2v) is 5.67. The Hall–Kier alpha value is -2.45. The maximum absolute atomic E-state index is 12.3. The second-order valence-electron chi connectivity index (χ2n) is 5.67. The molecule has 26 heavy (non-hydrogen) atoms. The predicted molar refractivity (Wildman–Crippen MR) is 94.1 cm³/mol. The number of hydrogen-bond donors (Lipinski definition) is 2. The number of ether oxygens (including phenoxy) is 1. The Morgan fingerprint density at radius 1 is 1.23 bits per heavy atom. The number of carbonyl (C=O) groups is 3. The smallest absolute Gasteiger partial charge is 0.325 e. The Balaban J connectivity index is 2.75. The molecule has 0 saturated heterocycles. The van der Waals surface area contributed by atoms with E-state index in [1.54, 1.807) is 13.8 Å². The monoisotopic (exact) mass is 366 g/mol. The molecular formula is C18H26N2O6. The van der Waals surface area contributed by atoms with E-state index in [0.717, 1.165) is 10.6 Å². The first-order valence-corrected chi connectivity index (χ1v) is 8.42. The molecule has 8 nitrogen and oxygen atoms in total. The Bertz CT molecular complexity index is 593. The summed E-state index contributed by atoms with van der Waals surface area (Å²) in [6.07, 6.45) is 1.06.